The van der Waals surface area contributed by atoms with Crippen molar-refractivity contribution in [1.82, 2.24) is 0 Å². The van der Waals surface area contributed by atoms with Gasteiger partial charge in [-0.25, -0.2) is 0 Å². The highest BCUT2D eigenvalue weighted by Gasteiger charge is 2.31. The second-order valence-corrected chi connectivity index (χ2v) is 3.83. The van der Waals surface area contributed by atoms with E-state index < -0.39 is 6.10 Å². The fourth-order valence-corrected chi connectivity index (χ4v) is 1.82. The van der Waals surface area contributed by atoms with Crippen LogP contribution in [0.1, 0.15) is 19.8 Å². The Morgan fingerprint density at radius 1 is 1.50 bits per heavy atom. The van der Waals surface area contributed by atoms with Crippen molar-refractivity contribution in [2.45, 2.75) is 44.2 Å². The number of rotatable bonds is 0. The molecule has 78 valence electrons. The molecule has 0 saturated carbocycles. The van der Waals surface area contributed by atoms with E-state index in [0.29, 0.717) is 6.42 Å². The van der Waals surface area contributed by atoms with Gasteiger partial charge in [0.2, 0.25) is 0 Å². The molecule has 0 aromatic heterocycles. The Balaban J connectivity index is 2.11. The minimum Gasteiger partial charge on any atom is -0.462 e. The number of aliphatic hydroxyl groups excluding tert-OH is 1. The third kappa shape index (κ3) is 1.96. The van der Waals surface area contributed by atoms with Gasteiger partial charge in [0.1, 0.15) is 12.2 Å². The van der Waals surface area contributed by atoms with Crippen molar-refractivity contribution in [2.24, 2.45) is 0 Å². The van der Waals surface area contributed by atoms with Gasteiger partial charge in [0, 0.05) is 6.42 Å². The standard InChI is InChI=1S/C10H14O4/c1-6-4-8(11)9-3-2-7(14-9)5-10(12)13-6/h2-3,6-9,11H,4-5H2,1H3/t6-,7-,8+,9+/m1/s1. The fraction of sp³-hybridized carbons (Fsp3) is 0.700. The molecule has 14 heavy (non-hydrogen) atoms. The molecule has 0 spiro atoms. The smallest absolute Gasteiger partial charge is 0.309 e. The number of hydrogen-bond acceptors (Lipinski definition) is 4. The van der Waals surface area contributed by atoms with Gasteiger partial charge in [-0.05, 0) is 6.92 Å². The molecule has 2 rings (SSSR count). The maximum absolute atomic E-state index is 11.3. The van der Waals surface area contributed by atoms with E-state index in [9.17, 15) is 9.90 Å². The summed E-state index contributed by atoms with van der Waals surface area (Å²) in [4.78, 5) is 11.3. The van der Waals surface area contributed by atoms with Crippen molar-refractivity contribution in [2.75, 3.05) is 0 Å². The maximum atomic E-state index is 11.3. The zero-order valence-corrected chi connectivity index (χ0v) is 8.05. The molecule has 0 aromatic rings. The highest BCUT2D eigenvalue weighted by atomic mass is 16.6. The van der Waals surface area contributed by atoms with Gasteiger partial charge in [-0.1, -0.05) is 12.2 Å². The number of ether oxygens (including phenoxy) is 2. The molecule has 1 fully saturated rings. The van der Waals surface area contributed by atoms with Crippen molar-refractivity contribution < 1.29 is 19.4 Å². The van der Waals surface area contributed by atoms with E-state index in [0.717, 1.165) is 0 Å². The topological polar surface area (TPSA) is 55.8 Å². The molecular formula is C10H14O4. The molecule has 2 aliphatic heterocycles. The first-order valence-corrected chi connectivity index (χ1v) is 4.86. The minimum atomic E-state index is -0.586. The first kappa shape index (κ1) is 9.68. The average molecular weight is 198 g/mol. The number of hydrogen-bond donors (Lipinski definition) is 1. The molecule has 2 bridgehead atoms. The van der Waals surface area contributed by atoms with E-state index in [-0.39, 0.29) is 30.7 Å². The normalized spacial score (nSPS) is 42.6. The lowest BCUT2D eigenvalue weighted by molar-refractivity contribution is -0.149. The van der Waals surface area contributed by atoms with Crippen LogP contribution in [0.3, 0.4) is 0 Å². The van der Waals surface area contributed by atoms with E-state index in [1.165, 1.54) is 0 Å². The van der Waals surface area contributed by atoms with Gasteiger partial charge in [0.15, 0.2) is 0 Å². The van der Waals surface area contributed by atoms with Crippen LogP contribution < -0.4 is 0 Å². The van der Waals surface area contributed by atoms with E-state index >= 15 is 0 Å². The lowest BCUT2D eigenvalue weighted by Gasteiger charge is -2.19. The highest BCUT2D eigenvalue weighted by Crippen LogP contribution is 2.22. The van der Waals surface area contributed by atoms with Crippen molar-refractivity contribution in [3.05, 3.63) is 12.2 Å². The Morgan fingerprint density at radius 3 is 3.07 bits per heavy atom. The van der Waals surface area contributed by atoms with Gasteiger partial charge in [-0.15, -0.1) is 0 Å². The summed E-state index contributed by atoms with van der Waals surface area (Å²) in [5.74, 6) is -0.262. The van der Waals surface area contributed by atoms with Gasteiger partial charge in [-0.3, -0.25) is 4.79 Å². The molecule has 0 amide bonds. The van der Waals surface area contributed by atoms with Crippen molar-refractivity contribution in [3.63, 3.8) is 0 Å². The van der Waals surface area contributed by atoms with Crippen LogP contribution in [-0.2, 0) is 14.3 Å². The Kier molecular flexibility index (Phi) is 2.56. The number of carbonyl (C=O) groups excluding carboxylic acids is 1. The minimum absolute atomic E-state index is 0.229. The van der Waals surface area contributed by atoms with Crippen LogP contribution in [0.4, 0.5) is 0 Å². The van der Waals surface area contributed by atoms with Gasteiger partial charge < -0.3 is 14.6 Å². The summed E-state index contributed by atoms with van der Waals surface area (Å²) in [6.45, 7) is 1.78. The maximum Gasteiger partial charge on any atom is 0.309 e. The molecule has 4 heteroatoms. The predicted octanol–water partition coefficient (Wildman–Crippen LogP) is 0.396. The Hall–Kier alpha value is -0.870. The summed E-state index contributed by atoms with van der Waals surface area (Å²) in [7, 11) is 0. The summed E-state index contributed by atoms with van der Waals surface area (Å²) in [5, 5.41) is 9.71. The number of fused-ring (bicyclic) bond motifs is 2. The summed E-state index contributed by atoms with van der Waals surface area (Å²) in [6, 6.07) is 0. The third-order valence-electron chi connectivity index (χ3n) is 2.50. The first-order valence-electron chi connectivity index (χ1n) is 4.86. The Morgan fingerprint density at radius 2 is 2.29 bits per heavy atom. The van der Waals surface area contributed by atoms with Crippen molar-refractivity contribution >= 4 is 5.97 Å². The van der Waals surface area contributed by atoms with Crippen LogP contribution >= 0.6 is 0 Å². The van der Waals surface area contributed by atoms with Crippen LogP contribution in [0, 0.1) is 0 Å². The van der Waals surface area contributed by atoms with E-state index in [4.69, 9.17) is 9.47 Å². The first-order chi connectivity index (χ1) is 6.65. The molecule has 1 N–H and O–H groups in total. The quantitative estimate of drug-likeness (QED) is 0.452. The van der Waals surface area contributed by atoms with E-state index in [2.05, 4.69) is 0 Å². The number of cyclic esters (lactones) is 1. The summed E-state index contributed by atoms with van der Waals surface area (Å²) in [6.07, 6.45) is 2.96. The fourth-order valence-electron chi connectivity index (χ4n) is 1.82. The lowest BCUT2D eigenvalue weighted by Crippen LogP contribution is -2.29. The van der Waals surface area contributed by atoms with Crippen LogP contribution in [0.5, 0.6) is 0 Å². The summed E-state index contributed by atoms with van der Waals surface area (Å²) >= 11 is 0. The predicted molar refractivity (Wildman–Crippen MR) is 48.6 cm³/mol. The van der Waals surface area contributed by atoms with Crippen LogP contribution in [-0.4, -0.2) is 35.5 Å². The second-order valence-electron chi connectivity index (χ2n) is 3.83. The number of carbonyl (C=O) groups is 1. The SMILES string of the molecule is C[C@@H]1C[C@H](O)[C@@H]2C=C[C@H](CC(=O)O1)O2. The van der Waals surface area contributed by atoms with Gasteiger partial charge >= 0.3 is 5.97 Å². The molecule has 4 nitrogen and oxygen atoms in total. The van der Waals surface area contributed by atoms with Gasteiger partial charge in [0.25, 0.3) is 0 Å². The zero-order chi connectivity index (χ0) is 10.1. The average Bonchev–Trinajstić information content (AvgIpc) is 2.51. The summed E-state index contributed by atoms with van der Waals surface area (Å²) < 4.78 is 10.5. The molecular weight excluding hydrogens is 184 g/mol. The zero-order valence-electron chi connectivity index (χ0n) is 8.05. The van der Waals surface area contributed by atoms with E-state index in [1.807, 2.05) is 12.2 Å². The van der Waals surface area contributed by atoms with Crippen molar-refractivity contribution in [1.29, 1.82) is 0 Å². The second kappa shape index (κ2) is 3.71. The van der Waals surface area contributed by atoms with Crippen molar-refractivity contribution in [3.8, 4) is 0 Å². The van der Waals surface area contributed by atoms with Crippen LogP contribution in [0.25, 0.3) is 0 Å². The van der Waals surface area contributed by atoms with E-state index in [1.54, 1.807) is 6.92 Å². The number of aliphatic hydroxyl groups is 1. The molecule has 0 aliphatic carbocycles. The molecule has 2 aliphatic rings. The highest BCUT2D eigenvalue weighted by molar-refractivity contribution is 5.70. The molecule has 0 radical (unpaired) electrons. The van der Waals surface area contributed by atoms with Gasteiger partial charge in [-0.2, -0.15) is 0 Å². The lowest BCUT2D eigenvalue weighted by atomic mass is 10.1. The molecule has 0 aromatic carbocycles. The molecule has 0 unspecified atom stereocenters. The Labute approximate surface area is 82.5 Å². The largest absolute Gasteiger partial charge is 0.462 e. The van der Waals surface area contributed by atoms with Gasteiger partial charge in [0.05, 0.1) is 18.6 Å². The third-order valence-corrected chi connectivity index (χ3v) is 2.50. The molecule has 2 heterocycles. The van der Waals surface area contributed by atoms with Crippen LogP contribution in [0.2, 0.25) is 0 Å². The molecule has 4 atom stereocenters. The Bertz CT molecular complexity index is 261. The summed E-state index contributed by atoms with van der Waals surface area (Å²) in [5.41, 5.74) is 0. The van der Waals surface area contributed by atoms with Crippen LogP contribution in [0.15, 0.2) is 12.2 Å². The monoisotopic (exact) mass is 198 g/mol. The number of esters is 1. The molecule has 1 saturated heterocycles.